The molecule has 0 saturated heterocycles. The van der Waals surface area contributed by atoms with Gasteiger partial charge in [0.15, 0.2) is 17.3 Å². The second kappa shape index (κ2) is 11.7. The Labute approximate surface area is 220 Å². The highest BCUT2D eigenvalue weighted by Gasteiger charge is 2.43. The fourth-order valence-electron chi connectivity index (χ4n) is 3.84. The van der Waals surface area contributed by atoms with Crippen LogP contribution in [-0.2, 0) is 33.3 Å². The summed E-state index contributed by atoms with van der Waals surface area (Å²) in [6, 6.07) is 0. The lowest BCUT2D eigenvalue weighted by molar-refractivity contribution is -0.177. The molecule has 7 nitrogen and oxygen atoms in total. The molecule has 0 saturated carbocycles. The van der Waals surface area contributed by atoms with Crippen molar-refractivity contribution in [2.75, 3.05) is 13.2 Å². The highest BCUT2D eigenvalue weighted by molar-refractivity contribution is 5.93. The Hall–Kier alpha value is -1.15. The van der Waals surface area contributed by atoms with E-state index < -0.39 is 40.0 Å². The summed E-state index contributed by atoms with van der Waals surface area (Å²) in [5, 5.41) is 0. The maximum absolute atomic E-state index is 13.0. The zero-order chi connectivity index (χ0) is 29.1. The lowest BCUT2D eigenvalue weighted by atomic mass is 9.79. The molecule has 0 aliphatic heterocycles. The molecule has 7 heteroatoms. The highest BCUT2D eigenvalue weighted by atomic mass is 16.6. The molecule has 2 atom stereocenters. The quantitative estimate of drug-likeness (QED) is 0.273. The minimum absolute atomic E-state index is 0.0854. The Morgan fingerprint density at radius 1 is 0.556 bits per heavy atom. The highest BCUT2D eigenvalue weighted by Crippen LogP contribution is 2.35. The standard InChI is InChI=1S/C29H54O7/c1-19(35-28(13,14)23(32)24(3,4)5)21(30)26(9,10)33-17-18-34-27(11,12)22(31)20(2)36-29(15,16)25(6,7)8/h19-20H,17-18H2,1-16H3. The van der Waals surface area contributed by atoms with Gasteiger partial charge in [-0.15, -0.1) is 0 Å². The largest absolute Gasteiger partial charge is 0.365 e. The van der Waals surface area contributed by atoms with Crippen molar-refractivity contribution in [2.24, 2.45) is 10.8 Å². The van der Waals surface area contributed by atoms with E-state index in [2.05, 4.69) is 20.8 Å². The van der Waals surface area contributed by atoms with Gasteiger partial charge in [0, 0.05) is 5.41 Å². The maximum Gasteiger partial charge on any atom is 0.192 e. The third-order valence-corrected chi connectivity index (χ3v) is 6.91. The Bertz CT molecular complexity index is 776. The number of carbonyl (C=O) groups is 3. The molecule has 0 rings (SSSR count). The smallest absolute Gasteiger partial charge is 0.192 e. The van der Waals surface area contributed by atoms with Gasteiger partial charge in [-0.3, -0.25) is 14.4 Å². The van der Waals surface area contributed by atoms with E-state index in [0.29, 0.717) is 0 Å². The van der Waals surface area contributed by atoms with E-state index in [9.17, 15) is 14.4 Å². The summed E-state index contributed by atoms with van der Waals surface area (Å²) < 4.78 is 23.7. The fourth-order valence-corrected chi connectivity index (χ4v) is 3.84. The molecular formula is C29H54O7. The van der Waals surface area contributed by atoms with Crippen LogP contribution in [0.3, 0.4) is 0 Å². The maximum atomic E-state index is 13.0. The van der Waals surface area contributed by atoms with E-state index in [1.54, 1.807) is 55.4 Å². The normalized spacial score (nSPS) is 16.0. The van der Waals surface area contributed by atoms with Crippen molar-refractivity contribution >= 4 is 17.3 Å². The molecule has 0 aromatic carbocycles. The van der Waals surface area contributed by atoms with Crippen molar-refractivity contribution in [3.05, 3.63) is 0 Å². The van der Waals surface area contributed by atoms with Crippen molar-refractivity contribution in [3.8, 4) is 0 Å². The Morgan fingerprint density at radius 3 is 1.19 bits per heavy atom. The molecular weight excluding hydrogens is 460 g/mol. The van der Waals surface area contributed by atoms with Gasteiger partial charge in [-0.05, 0) is 74.7 Å². The lowest BCUT2D eigenvalue weighted by Crippen LogP contribution is -2.50. The summed E-state index contributed by atoms with van der Waals surface area (Å²) in [4.78, 5) is 38.8. The summed E-state index contributed by atoms with van der Waals surface area (Å²) in [7, 11) is 0. The Morgan fingerprint density at radius 2 is 0.889 bits per heavy atom. The summed E-state index contributed by atoms with van der Waals surface area (Å²) in [5.74, 6) is -0.528. The number of rotatable bonds is 14. The topological polar surface area (TPSA) is 88.1 Å². The Kier molecular flexibility index (Phi) is 11.3. The third-order valence-electron chi connectivity index (χ3n) is 6.91. The van der Waals surface area contributed by atoms with Gasteiger partial charge < -0.3 is 18.9 Å². The van der Waals surface area contributed by atoms with Crippen molar-refractivity contribution in [1.29, 1.82) is 0 Å². The summed E-state index contributed by atoms with van der Waals surface area (Å²) in [6.07, 6.45) is -1.49. The van der Waals surface area contributed by atoms with Crippen LogP contribution in [0, 0.1) is 10.8 Å². The van der Waals surface area contributed by atoms with Crippen LogP contribution in [-0.4, -0.2) is 65.2 Å². The predicted molar refractivity (Wildman–Crippen MR) is 143 cm³/mol. The van der Waals surface area contributed by atoms with Gasteiger partial charge in [0.05, 0.1) is 18.8 Å². The summed E-state index contributed by atoms with van der Waals surface area (Å²) >= 11 is 0. The number of ether oxygens (including phenoxy) is 4. The minimum Gasteiger partial charge on any atom is -0.365 e. The molecule has 0 spiro atoms. The monoisotopic (exact) mass is 514 g/mol. The molecule has 0 heterocycles. The van der Waals surface area contributed by atoms with E-state index in [4.69, 9.17) is 18.9 Å². The van der Waals surface area contributed by atoms with Crippen LogP contribution in [0.25, 0.3) is 0 Å². The zero-order valence-electron chi connectivity index (χ0n) is 25.9. The molecule has 0 fully saturated rings. The minimum atomic E-state index is -1.16. The molecule has 0 radical (unpaired) electrons. The first-order valence-electron chi connectivity index (χ1n) is 13.0. The van der Waals surface area contributed by atoms with Crippen LogP contribution in [0.5, 0.6) is 0 Å². The zero-order valence-corrected chi connectivity index (χ0v) is 25.9. The average Bonchev–Trinajstić information content (AvgIpc) is 2.67. The van der Waals surface area contributed by atoms with Crippen molar-refractivity contribution in [3.63, 3.8) is 0 Å². The van der Waals surface area contributed by atoms with E-state index in [-0.39, 0.29) is 36.0 Å². The molecule has 2 unspecified atom stereocenters. The molecule has 212 valence electrons. The van der Waals surface area contributed by atoms with E-state index in [0.717, 1.165) is 0 Å². The van der Waals surface area contributed by atoms with Crippen LogP contribution in [0.1, 0.15) is 111 Å². The second-order valence-electron chi connectivity index (χ2n) is 13.8. The molecule has 0 aromatic rings. The molecule has 0 aliphatic carbocycles. The molecule has 0 amide bonds. The first-order valence-corrected chi connectivity index (χ1v) is 13.0. The third kappa shape index (κ3) is 9.62. The van der Waals surface area contributed by atoms with Crippen LogP contribution < -0.4 is 0 Å². The molecule has 36 heavy (non-hydrogen) atoms. The average molecular weight is 515 g/mol. The van der Waals surface area contributed by atoms with E-state index >= 15 is 0 Å². The number of hydrogen-bond acceptors (Lipinski definition) is 7. The van der Waals surface area contributed by atoms with Gasteiger partial charge in [-0.1, -0.05) is 41.5 Å². The summed E-state index contributed by atoms with van der Waals surface area (Å²) in [5.41, 5.74) is -4.60. The van der Waals surface area contributed by atoms with Gasteiger partial charge in [-0.25, -0.2) is 0 Å². The number of ketones is 3. The lowest BCUT2D eigenvalue weighted by Gasteiger charge is -2.41. The summed E-state index contributed by atoms with van der Waals surface area (Å²) in [6.45, 7) is 29.3. The second-order valence-corrected chi connectivity index (χ2v) is 13.8. The molecule has 0 aliphatic rings. The van der Waals surface area contributed by atoms with Crippen molar-refractivity contribution in [2.45, 2.75) is 145 Å². The van der Waals surface area contributed by atoms with Crippen molar-refractivity contribution < 1.29 is 33.3 Å². The van der Waals surface area contributed by atoms with Gasteiger partial charge in [-0.2, -0.15) is 0 Å². The molecule has 0 bridgehead atoms. The molecule has 0 aromatic heterocycles. The fraction of sp³-hybridized carbons (Fsp3) is 0.897. The first kappa shape index (κ1) is 34.9. The van der Waals surface area contributed by atoms with Gasteiger partial charge in [0.2, 0.25) is 0 Å². The van der Waals surface area contributed by atoms with Gasteiger partial charge in [0.1, 0.15) is 29.0 Å². The number of carbonyl (C=O) groups excluding carboxylic acids is 3. The SMILES string of the molecule is CC(OC(C)(C)C(=O)C(C)(C)C)C(=O)C(C)(C)OCCOC(C)(C)C(=O)C(C)OC(C)(C)C(C)(C)C. The van der Waals surface area contributed by atoms with Gasteiger partial charge >= 0.3 is 0 Å². The van der Waals surface area contributed by atoms with Crippen LogP contribution in [0.2, 0.25) is 0 Å². The number of Topliss-reactive ketones (excluding diaryl/α,β-unsaturated/α-hetero) is 3. The van der Waals surface area contributed by atoms with Crippen LogP contribution in [0.15, 0.2) is 0 Å². The molecule has 0 N–H and O–H groups in total. The van der Waals surface area contributed by atoms with E-state index in [1.165, 1.54) is 0 Å². The van der Waals surface area contributed by atoms with Crippen molar-refractivity contribution in [1.82, 2.24) is 0 Å². The Balaban J connectivity index is 4.99. The van der Waals surface area contributed by atoms with E-state index in [1.807, 2.05) is 34.6 Å². The number of hydrogen-bond donors (Lipinski definition) is 0. The van der Waals surface area contributed by atoms with Crippen LogP contribution in [0.4, 0.5) is 0 Å². The predicted octanol–water partition coefficient (Wildman–Crippen LogP) is 5.74. The van der Waals surface area contributed by atoms with Gasteiger partial charge in [0.25, 0.3) is 0 Å². The van der Waals surface area contributed by atoms with Crippen LogP contribution >= 0.6 is 0 Å². The first-order chi connectivity index (χ1) is 15.7.